The van der Waals surface area contributed by atoms with Gasteiger partial charge in [0.1, 0.15) is 17.0 Å². The van der Waals surface area contributed by atoms with Crippen LogP contribution in [0.25, 0.3) is 21.8 Å². The molecule has 13 heteroatoms. The van der Waals surface area contributed by atoms with Gasteiger partial charge in [-0.15, -0.1) is 23.2 Å². The smallest absolute Gasteiger partial charge is 0.323 e. The average Bonchev–Trinajstić information content (AvgIpc) is 3.10. The Morgan fingerprint density at radius 2 is 1.48 bits per heavy atom. The van der Waals surface area contributed by atoms with E-state index in [0.29, 0.717) is 88.8 Å². The highest BCUT2D eigenvalue weighted by Gasteiger charge is 2.19. The summed E-state index contributed by atoms with van der Waals surface area (Å²) in [6.07, 6.45) is 0. The van der Waals surface area contributed by atoms with Crippen LogP contribution in [0.15, 0.2) is 78.9 Å². The van der Waals surface area contributed by atoms with Crippen LogP contribution in [0.5, 0.6) is 11.5 Å². The van der Waals surface area contributed by atoms with Crippen molar-refractivity contribution in [2.45, 2.75) is 0 Å². The van der Waals surface area contributed by atoms with Gasteiger partial charge in [-0.2, -0.15) is 0 Å². The molecule has 0 aliphatic heterocycles. The average molecular weight is 719 g/mol. The molecule has 0 spiro atoms. The van der Waals surface area contributed by atoms with Crippen LogP contribution in [0.3, 0.4) is 0 Å². The minimum Gasteiger partial charge on any atom is -0.497 e. The lowest BCUT2D eigenvalue weighted by Crippen LogP contribution is -2.31. The van der Waals surface area contributed by atoms with Crippen LogP contribution in [-0.2, 0) is 0 Å². The molecule has 0 radical (unpaired) electrons. The van der Waals surface area contributed by atoms with Gasteiger partial charge in [0.2, 0.25) is 0 Å². The molecule has 0 saturated heterocycles. The number of fused-ring (bicyclic) bond motifs is 2. The molecule has 50 heavy (non-hydrogen) atoms. The highest BCUT2D eigenvalue weighted by Crippen LogP contribution is 2.39. The Morgan fingerprint density at radius 1 is 0.780 bits per heavy atom. The van der Waals surface area contributed by atoms with E-state index in [1.807, 2.05) is 84.6 Å². The third-order valence-electron chi connectivity index (χ3n) is 7.98. The van der Waals surface area contributed by atoms with Crippen LogP contribution in [-0.4, -0.2) is 88.1 Å². The Balaban J connectivity index is 1.50. The molecule has 0 saturated carbocycles. The molecule has 0 atom stereocenters. The largest absolute Gasteiger partial charge is 0.497 e. The maximum Gasteiger partial charge on any atom is 0.323 e. The van der Waals surface area contributed by atoms with Crippen LogP contribution >= 0.6 is 23.2 Å². The summed E-state index contributed by atoms with van der Waals surface area (Å²) in [4.78, 5) is 35.7. The number of alkyl halides is 2. The summed E-state index contributed by atoms with van der Waals surface area (Å²) in [5.74, 6) is 1.69. The lowest BCUT2D eigenvalue weighted by atomic mass is 10.0. The number of ether oxygens (including phenoxy) is 2. The van der Waals surface area contributed by atoms with Crippen molar-refractivity contribution < 1.29 is 19.1 Å². The summed E-state index contributed by atoms with van der Waals surface area (Å²) in [7, 11) is 7.05. The molecule has 0 aliphatic rings. The first-order valence-corrected chi connectivity index (χ1v) is 17.2. The molecule has 1 aromatic heterocycles. The molecule has 0 aliphatic carbocycles. The minimum absolute atomic E-state index is 0.223. The van der Waals surface area contributed by atoms with Crippen molar-refractivity contribution in [3.63, 3.8) is 0 Å². The van der Waals surface area contributed by atoms with Crippen LogP contribution < -0.4 is 35.6 Å². The Bertz CT molecular complexity index is 1970. The fourth-order valence-corrected chi connectivity index (χ4v) is 6.04. The Hall–Kier alpha value is -4.97. The number of urea groups is 1. The third-order valence-corrected chi connectivity index (χ3v) is 8.32. The molecule has 1 heterocycles. The van der Waals surface area contributed by atoms with Crippen LogP contribution in [0.1, 0.15) is 10.4 Å². The lowest BCUT2D eigenvalue weighted by molar-refractivity contribution is 0.0952. The molecule has 3 amide bonds. The summed E-state index contributed by atoms with van der Waals surface area (Å²) in [5.41, 5.74) is 4.82. The zero-order valence-corrected chi connectivity index (χ0v) is 30.0. The number of hydrogen-bond donors (Lipinski definition) is 4. The fourth-order valence-electron chi connectivity index (χ4n) is 5.63. The monoisotopic (exact) mass is 717 g/mol. The van der Waals surface area contributed by atoms with E-state index in [2.05, 4.69) is 21.3 Å². The number of amides is 3. The van der Waals surface area contributed by atoms with E-state index in [-0.39, 0.29) is 5.91 Å². The van der Waals surface area contributed by atoms with Crippen LogP contribution in [0.4, 0.5) is 33.2 Å². The number of pyridine rings is 1. The maximum atomic E-state index is 13.4. The van der Waals surface area contributed by atoms with Gasteiger partial charge in [0.25, 0.3) is 5.91 Å². The molecule has 11 nitrogen and oxygen atoms in total. The number of aromatic nitrogens is 1. The highest BCUT2D eigenvalue weighted by atomic mass is 35.5. The van der Waals surface area contributed by atoms with Gasteiger partial charge in [0.05, 0.1) is 42.4 Å². The van der Waals surface area contributed by atoms with E-state index in [1.54, 1.807) is 32.4 Å². The van der Waals surface area contributed by atoms with E-state index in [1.165, 1.54) is 0 Å². The molecule has 0 unspecified atom stereocenters. The van der Waals surface area contributed by atoms with Gasteiger partial charge in [0, 0.05) is 72.2 Å². The van der Waals surface area contributed by atoms with Gasteiger partial charge in [-0.25, -0.2) is 9.78 Å². The first kappa shape index (κ1) is 36.3. The first-order valence-electron chi connectivity index (χ1n) is 16.1. The van der Waals surface area contributed by atoms with Gasteiger partial charge in [-0.1, -0.05) is 36.4 Å². The second-order valence-electron chi connectivity index (χ2n) is 11.6. The van der Waals surface area contributed by atoms with Gasteiger partial charge in [-0.3, -0.25) is 4.79 Å². The van der Waals surface area contributed by atoms with E-state index in [0.717, 1.165) is 16.5 Å². The molecule has 5 rings (SSSR count). The molecule has 262 valence electrons. The number of para-hydroxylation sites is 4. The van der Waals surface area contributed by atoms with E-state index < -0.39 is 6.03 Å². The predicted molar refractivity (Wildman–Crippen MR) is 206 cm³/mol. The number of nitrogens with zero attached hydrogens (tertiary/aromatic N) is 3. The second kappa shape index (κ2) is 17.1. The standard InChI is InChI=1S/C37H41Cl2N7O4/c1-45(2)20-17-40-36(47)29-11-7-9-27-33(28-10-8-14-32(50-4)35(28)44-34(27)29)41-24-21-25(23-26(22-24)49-3)42-37(48)43-30-12-5-6-13-31(30)46(18-15-38)19-16-39/h5-14,21-23H,15-20H2,1-4H3,(H,40,47)(H,41,44)(H2,42,43,48). The van der Waals surface area contributed by atoms with Crippen molar-refractivity contribution in [1.29, 1.82) is 0 Å². The quantitative estimate of drug-likeness (QED) is 0.0655. The number of nitrogens with one attached hydrogen (secondary N) is 4. The molecule has 0 fully saturated rings. The fraction of sp³-hybridized carbons (Fsp3) is 0.270. The third kappa shape index (κ3) is 8.60. The molecule has 5 aromatic rings. The topological polar surface area (TPSA) is 120 Å². The minimum atomic E-state index is -0.442. The molecule has 4 aromatic carbocycles. The highest BCUT2D eigenvalue weighted by molar-refractivity contribution is 6.19. The lowest BCUT2D eigenvalue weighted by Gasteiger charge is -2.25. The van der Waals surface area contributed by atoms with E-state index in [4.69, 9.17) is 37.7 Å². The Labute approximate surface area is 301 Å². The molecule has 0 bridgehead atoms. The number of benzene rings is 4. The Morgan fingerprint density at radius 3 is 2.18 bits per heavy atom. The van der Waals surface area contributed by atoms with Crippen molar-refractivity contribution >= 4 is 85.4 Å². The second-order valence-corrected chi connectivity index (χ2v) is 12.4. The zero-order valence-electron chi connectivity index (χ0n) is 28.5. The predicted octanol–water partition coefficient (Wildman–Crippen LogP) is 7.37. The van der Waals surface area contributed by atoms with Crippen molar-refractivity contribution in [1.82, 2.24) is 15.2 Å². The van der Waals surface area contributed by atoms with Crippen molar-refractivity contribution in [2.24, 2.45) is 0 Å². The SMILES string of the molecule is COc1cc(NC(=O)Nc2ccccc2N(CCCl)CCCl)cc(Nc2c3cccc(OC)c3nc3c(C(=O)NCCN(C)C)cccc23)c1. The number of anilines is 5. The number of carbonyl (C=O) groups is 2. The van der Waals surface area contributed by atoms with Gasteiger partial charge in [-0.05, 0) is 44.4 Å². The van der Waals surface area contributed by atoms with E-state index in [9.17, 15) is 9.59 Å². The Kier molecular flexibility index (Phi) is 12.4. The number of likely N-dealkylation sites (N-methyl/N-ethyl adjacent to an activating group) is 1. The zero-order chi connectivity index (χ0) is 35.6. The van der Waals surface area contributed by atoms with E-state index >= 15 is 0 Å². The van der Waals surface area contributed by atoms with Crippen LogP contribution in [0.2, 0.25) is 0 Å². The summed E-state index contributed by atoms with van der Waals surface area (Å²) in [5, 5.41) is 13.9. The normalized spacial score (nSPS) is 11.0. The van der Waals surface area contributed by atoms with Crippen LogP contribution in [0, 0.1) is 0 Å². The summed E-state index contributed by atoms with van der Waals surface area (Å²) in [6, 6.07) is 23.6. The van der Waals surface area contributed by atoms with Crippen molar-refractivity contribution in [3.8, 4) is 11.5 Å². The first-order chi connectivity index (χ1) is 24.3. The number of methoxy groups -OCH3 is 2. The maximum absolute atomic E-state index is 13.4. The molecule has 4 N–H and O–H groups in total. The van der Waals surface area contributed by atoms with Gasteiger partial charge in [0.15, 0.2) is 0 Å². The molecular formula is C37H41Cl2N7O4. The molecular weight excluding hydrogens is 677 g/mol. The van der Waals surface area contributed by atoms with Crippen molar-refractivity contribution in [2.75, 3.05) is 87.1 Å². The summed E-state index contributed by atoms with van der Waals surface area (Å²) in [6.45, 7) is 2.34. The number of hydrogen-bond acceptors (Lipinski definition) is 8. The van der Waals surface area contributed by atoms with Gasteiger partial charge >= 0.3 is 6.03 Å². The summed E-state index contributed by atoms with van der Waals surface area (Å²) >= 11 is 12.1. The number of rotatable bonds is 15. The summed E-state index contributed by atoms with van der Waals surface area (Å²) < 4.78 is 11.3. The van der Waals surface area contributed by atoms with Gasteiger partial charge < -0.3 is 40.5 Å². The number of halogens is 2. The van der Waals surface area contributed by atoms with Crippen molar-refractivity contribution in [3.05, 3.63) is 84.4 Å². The number of carbonyl (C=O) groups excluding carboxylic acids is 2.